The number of amides is 2. The summed E-state index contributed by atoms with van der Waals surface area (Å²) in [5.41, 5.74) is 1.85. The maximum atomic E-state index is 13.6. The third-order valence-corrected chi connectivity index (χ3v) is 2.75. The highest BCUT2D eigenvalue weighted by Crippen LogP contribution is 2.19. The first-order valence-corrected chi connectivity index (χ1v) is 6.00. The fraction of sp³-hybridized carbons (Fsp3) is 0.333. The number of carboxylic acid groups (broad SMARTS) is 1. The maximum Gasteiger partial charge on any atom is 0.337 e. The van der Waals surface area contributed by atoms with Gasteiger partial charge >= 0.3 is 12.0 Å². The van der Waals surface area contributed by atoms with Crippen LogP contribution in [0.25, 0.3) is 0 Å². The van der Waals surface area contributed by atoms with Crippen molar-refractivity contribution in [2.75, 3.05) is 31.6 Å². The summed E-state index contributed by atoms with van der Waals surface area (Å²) in [6.07, 6.45) is 0. The molecule has 8 heteroatoms. The van der Waals surface area contributed by atoms with E-state index in [1.807, 2.05) is 0 Å². The van der Waals surface area contributed by atoms with Gasteiger partial charge in [-0.15, -0.1) is 0 Å². The zero-order chi connectivity index (χ0) is 14.5. The largest absolute Gasteiger partial charge is 0.478 e. The number of urea groups is 1. The molecule has 0 bridgehead atoms. The molecule has 1 aliphatic heterocycles. The van der Waals surface area contributed by atoms with Crippen LogP contribution in [0.1, 0.15) is 10.4 Å². The van der Waals surface area contributed by atoms with Crippen LogP contribution >= 0.6 is 0 Å². The number of hydrogen-bond donors (Lipinski definition) is 3. The molecule has 2 rings (SSSR count). The van der Waals surface area contributed by atoms with Crippen LogP contribution in [0.3, 0.4) is 0 Å². The lowest BCUT2D eigenvalue weighted by Crippen LogP contribution is -2.49. The van der Waals surface area contributed by atoms with Crippen molar-refractivity contribution in [2.24, 2.45) is 0 Å². The second-order valence-corrected chi connectivity index (χ2v) is 4.13. The van der Waals surface area contributed by atoms with E-state index in [2.05, 4.69) is 10.7 Å². The van der Waals surface area contributed by atoms with Crippen LogP contribution in [0.4, 0.5) is 14.9 Å². The lowest BCUT2D eigenvalue weighted by Gasteiger charge is -2.27. The first-order valence-electron chi connectivity index (χ1n) is 6.00. The standard InChI is InChI=1S/C12H14FN3O4/c13-9-3-1-2-8(11(17)18)10(9)14-12(19)15-16-4-6-20-7-5-16/h1-3H,4-7H2,(H,17,18)(H2,14,15,19). The van der Waals surface area contributed by atoms with E-state index in [0.717, 1.165) is 6.07 Å². The van der Waals surface area contributed by atoms with Crippen molar-refractivity contribution in [3.8, 4) is 0 Å². The highest BCUT2D eigenvalue weighted by atomic mass is 19.1. The first kappa shape index (κ1) is 14.2. The predicted octanol–water partition coefficient (Wildman–Crippen LogP) is 0.893. The highest BCUT2D eigenvalue weighted by molar-refractivity contribution is 6.00. The van der Waals surface area contributed by atoms with Gasteiger partial charge in [-0.05, 0) is 12.1 Å². The van der Waals surface area contributed by atoms with Crippen LogP contribution in [-0.4, -0.2) is 48.4 Å². The number of aromatic carboxylic acids is 1. The quantitative estimate of drug-likeness (QED) is 0.766. The number of hydrogen-bond acceptors (Lipinski definition) is 4. The summed E-state index contributed by atoms with van der Waals surface area (Å²) in [7, 11) is 0. The van der Waals surface area contributed by atoms with Crippen LogP contribution in [0.15, 0.2) is 18.2 Å². The number of benzene rings is 1. The van der Waals surface area contributed by atoms with Crippen LogP contribution in [0.5, 0.6) is 0 Å². The van der Waals surface area contributed by atoms with E-state index in [4.69, 9.17) is 9.84 Å². The fourth-order valence-corrected chi connectivity index (χ4v) is 1.79. The Hall–Kier alpha value is -2.19. The number of carbonyl (C=O) groups excluding carboxylic acids is 1. The van der Waals surface area contributed by atoms with Gasteiger partial charge in [0.15, 0.2) is 0 Å². The van der Waals surface area contributed by atoms with Crippen molar-refractivity contribution < 1.29 is 23.8 Å². The summed E-state index contributed by atoms with van der Waals surface area (Å²) in [5, 5.41) is 12.8. The molecular formula is C12H14FN3O4. The number of halogens is 1. The van der Waals surface area contributed by atoms with Crippen LogP contribution in [0.2, 0.25) is 0 Å². The molecule has 0 aliphatic carbocycles. The van der Waals surface area contributed by atoms with Gasteiger partial charge in [0.1, 0.15) is 5.82 Å². The third-order valence-electron chi connectivity index (χ3n) is 2.75. The summed E-state index contributed by atoms with van der Waals surface area (Å²) in [5.74, 6) is -2.12. The number of carbonyl (C=O) groups is 2. The zero-order valence-corrected chi connectivity index (χ0v) is 10.6. The molecule has 1 aliphatic rings. The molecule has 1 heterocycles. The summed E-state index contributed by atoms with van der Waals surface area (Å²) in [6.45, 7) is 1.99. The number of nitrogens with zero attached hydrogens (tertiary/aromatic N) is 1. The molecule has 0 atom stereocenters. The van der Waals surface area contributed by atoms with Crippen molar-refractivity contribution in [1.82, 2.24) is 10.4 Å². The van der Waals surface area contributed by atoms with Gasteiger partial charge in [-0.2, -0.15) is 0 Å². The monoisotopic (exact) mass is 283 g/mol. The molecule has 1 saturated heterocycles. The zero-order valence-electron chi connectivity index (χ0n) is 10.6. The molecule has 0 radical (unpaired) electrons. The van der Waals surface area contributed by atoms with Crippen LogP contribution in [0, 0.1) is 5.82 Å². The molecule has 1 aromatic carbocycles. The molecule has 1 fully saturated rings. The predicted molar refractivity (Wildman–Crippen MR) is 67.9 cm³/mol. The van der Waals surface area contributed by atoms with Gasteiger partial charge in [0.2, 0.25) is 0 Å². The van der Waals surface area contributed by atoms with Gasteiger partial charge in [0.25, 0.3) is 0 Å². The Morgan fingerprint density at radius 3 is 2.65 bits per heavy atom. The fourth-order valence-electron chi connectivity index (χ4n) is 1.79. The molecule has 2 amide bonds. The highest BCUT2D eigenvalue weighted by Gasteiger charge is 2.18. The summed E-state index contributed by atoms with van der Waals surface area (Å²) < 4.78 is 18.7. The number of ether oxygens (including phenoxy) is 1. The third kappa shape index (κ3) is 3.43. The van der Waals surface area contributed by atoms with E-state index >= 15 is 0 Å². The van der Waals surface area contributed by atoms with Crippen LogP contribution in [-0.2, 0) is 4.74 Å². The van der Waals surface area contributed by atoms with Crippen LogP contribution < -0.4 is 10.7 Å². The molecule has 20 heavy (non-hydrogen) atoms. The van der Waals surface area contributed by atoms with E-state index in [1.54, 1.807) is 5.01 Å². The molecule has 0 aromatic heterocycles. The minimum Gasteiger partial charge on any atom is -0.478 e. The SMILES string of the molecule is O=C(Nc1c(F)cccc1C(=O)O)NN1CCOCC1. The molecule has 3 N–H and O–H groups in total. The van der Waals surface area contributed by atoms with Gasteiger partial charge in [0.05, 0.1) is 24.5 Å². The van der Waals surface area contributed by atoms with E-state index in [-0.39, 0.29) is 11.3 Å². The molecule has 108 valence electrons. The van der Waals surface area contributed by atoms with Crippen molar-refractivity contribution in [1.29, 1.82) is 0 Å². The average Bonchev–Trinajstić information content (AvgIpc) is 2.42. The summed E-state index contributed by atoms with van der Waals surface area (Å²) in [6, 6.07) is 2.87. The molecule has 7 nitrogen and oxygen atoms in total. The number of rotatable bonds is 3. The van der Waals surface area contributed by atoms with Crippen molar-refractivity contribution in [3.63, 3.8) is 0 Å². The average molecular weight is 283 g/mol. The number of nitrogens with one attached hydrogen (secondary N) is 2. The van der Waals surface area contributed by atoms with Crippen molar-refractivity contribution in [3.05, 3.63) is 29.6 Å². The van der Waals surface area contributed by atoms with Gasteiger partial charge in [0, 0.05) is 13.1 Å². The Bertz CT molecular complexity index is 517. The Morgan fingerprint density at radius 2 is 2.00 bits per heavy atom. The second kappa shape index (κ2) is 6.31. The van der Waals surface area contributed by atoms with E-state index in [9.17, 15) is 14.0 Å². The minimum atomic E-state index is -1.31. The second-order valence-electron chi connectivity index (χ2n) is 4.13. The smallest absolute Gasteiger partial charge is 0.337 e. The van der Waals surface area contributed by atoms with E-state index in [0.29, 0.717) is 26.3 Å². The Balaban J connectivity index is 2.05. The number of anilines is 1. The van der Waals surface area contributed by atoms with Crippen molar-refractivity contribution >= 4 is 17.7 Å². The lowest BCUT2D eigenvalue weighted by atomic mass is 10.1. The van der Waals surface area contributed by atoms with Crippen molar-refractivity contribution in [2.45, 2.75) is 0 Å². The van der Waals surface area contributed by atoms with Gasteiger partial charge in [-0.1, -0.05) is 6.07 Å². The number of hydrazine groups is 1. The summed E-state index contributed by atoms with van der Waals surface area (Å²) >= 11 is 0. The topological polar surface area (TPSA) is 90.9 Å². The molecule has 0 spiro atoms. The van der Waals surface area contributed by atoms with E-state index < -0.39 is 17.8 Å². The Morgan fingerprint density at radius 1 is 1.30 bits per heavy atom. The Kier molecular flexibility index (Phi) is 4.49. The van der Waals surface area contributed by atoms with E-state index in [1.165, 1.54) is 12.1 Å². The Labute approximate surface area is 114 Å². The van der Waals surface area contributed by atoms with Gasteiger partial charge in [-0.25, -0.2) is 19.0 Å². The van der Waals surface area contributed by atoms with Gasteiger partial charge in [-0.3, -0.25) is 5.43 Å². The number of morpholine rings is 1. The number of para-hydroxylation sites is 1. The number of carboxylic acids is 1. The van der Waals surface area contributed by atoms with Gasteiger partial charge < -0.3 is 15.2 Å². The summed E-state index contributed by atoms with van der Waals surface area (Å²) in [4.78, 5) is 22.7. The normalized spacial score (nSPS) is 15.7. The lowest BCUT2D eigenvalue weighted by molar-refractivity contribution is 0.0207. The minimum absolute atomic E-state index is 0.304. The molecular weight excluding hydrogens is 269 g/mol. The maximum absolute atomic E-state index is 13.6. The molecule has 0 saturated carbocycles. The molecule has 1 aromatic rings. The first-order chi connectivity index (χ1) is 9.58. The molecule has 0 unspecified atom stereocenters.